The second kappa shape index (κ2) is 20.2. The van der Waals surface area contributed by atoms with Crippen molar-refractivity contribution < 1.29 is 33.3 Å². The van der Waals surface area contributed by atoms with Crippen molar-refractivity contribution in [2.24, 2.45) is 5.11 Å². The van der Waals surface area contributed by atoms with Crippen LogP contribution in [0.1, 0.15) is 85.6 Å². The second-order valence-electron chi connectivity index (χ2n) is 12.4. The lowest BCUT2D eigenvalue weighted by atomic mass is 10.2. The van der Waals surface area contributed by atoms with Gasteiger partial charge in [0.2, 0.25) is 0 Å². The van der Waals surface area contributed by atoms with Crippen LogP contribution in [0, 0.1) is 0 Å². The molecule has 0 saturated carbocycles. The zero-order chi connectivity index (χ0) is 33.0. The maximum absolute atomic E-state index is 12.9. The number of hydrogen-bond donors (Lipinski definition) is 1. The van der Waals surface area contributed by atoms with Gasteiger partial charge in [-0.3, -0.25) is 0 Å². The Morgan fingerprint density at radius 1 is 0.795 bits per heavy atom. The van der Waals surface area contributed by atoms with E-state index in [1.807, 2.05) is 53.7 Å². The molecule has 1 rings (SSSR count). The van der Waals surface area contributed by atoms with Gasteiger partial charge in [-0.2, -0.15) is 0 Å². The molecule has 0 bridgehead atoms. The summed E-state index contributed by atoms with van der Waals surface area (Å²) in [5.41, 5.74) is 8.07. The molecule has 0 radical (unpaired) electrons. The fourth-order valence-electron chi connectivity index (χ4n) is 3.92. The summed E-state index contributed by atoms with van der Waals surface area (Å²) in [5, 5.41) is 6.29. The van der Waals surface area contributed by atoms with E-state index in [1.165, 1.54) is 0 Å². The number of carbonyl (C=O) groups excluding carboxylic acids is 3. The third kappa shape index (κ3) is 18.6. The second-order valence-corrected chi connectivity index (χ2v) is 12.4. The molecule has 1 aromatic rings. The number of benzene rings is 1. The minimum absolute atomic E-state index is 0.156. The van der Waals surface area contributed by atoms with Crippen LogP contribution in [0.3, 0.4) is 0 Å². The molecule has 0 aliphatic carbocycles. The highest BCUT2D eigenvalue weighted by molar-refractivity contribution is 5.68. The molecular formula is C31H52N6O7. The van der Waals surface area contributed by atoms with Crippen LogP contribution in [-0.4, -0.2) is 85.7 Å². The first-order chi connectivity index (χ1) is 20.7. The van der Waals surface area contributed by atoms with Crippen molar-refractivity contribution in [3.05, 3.63) is 40.3 Å². The Morgan fingerprint density at radius 2 is 1.27 bits per heavy atom. The number of nitrogens with one attached hydrogen (secondary N) is 1. The summed E-state index contributed by atoms with van der Waals surface area (Å²) >= 11 is 0. The topological polar surface area (TPSA) is 155 Å². The standard InChI is InChI=1S/C31H52N6O7/c1-30(2,3)43-28(39)36(20-10-8-18-33-27(38)42-24-25-14-16-26(41-7)17-15-25)22-12-13-23-37(21-11-9-19-34-35-32)29(40)44-31(4,5)6/h14-17H,8-13,18-24H2,1-7H3,(H,33,38). The molecule has 1 aromatic carbocycles. The number of amides is 3. The minimum Gasteiger partial charge on any atom is -0.497 e. The zero-order valence-corrected chi connectivity index (χ0v) is 27.6. The van der Waals surface area contributed by atoms with E-state index in [2.05, 4.69) is 15.3 Å². The molecule has 13 heteroatoms. The van der Waals surface area contributed by atoms with Gasteiger partial charge in [-0.25, -0.2) is 14.4 Å². The maximum Gasteiger partial charge on any atom is 0.410 e. The molecule has 248 valence electrons. The molecule has 0 aliphatic heterocycles. The number of alkyl carbamates (subject to hydrolysis) is 1. The number of carbonyl (C=O) groups is 3. The summed E-state index contributed by atoms with van der Waals surface area (Å²) in [6.45, 7) is 13.8. The molecule has 0 fully saturated rings. The molecule has 13 nitrogen and oxygen atoms in total. The van der Waals surface area contributed by atoms with Gasteiger partial charge in [-0.05, 0) is 103 Å². The van der Waals surface area contributed by atoms with Crippen LogP contribution in [0.2, 0.25) is 0 Å². The SMILES string of the molecule is COc1ccc(COC(=O)NCCCCN(CCCCN(CCCCN=[N+]=[N-])C(=O)OC(C)(C)C)C(=O)OC(C)(C)C)cc1. The summed E-state index contributed by atoms with van der Waals surface area (Å²) < 4.78 is 21.6. The van der Waals surface area contributed by atoms with Crippen LogP contribution < -0.4 is 10.1 Å². The maximum atomic E-state index is 12.9. The molecule has 44 heavy (non-hydrogen) atoms. The Labute approximate surface area is 262 Å². The van der Waals surface area contributed by atoms with Gasteiger partial charge in [0.25, 0.3) is 0 Å². The lowest BCUT2D eigenvalue weighted by Gasteiger charge is -2.29. The Kier molecular flexibility index (Phi) is 17.5. The van der Waals surface area contributed by atoms with Crippen molar-refractivity contribution in [2.45, 2.75) is 97.9 Å². The summed E-state index contributed by atoms with van der Waals surface area (Å²) in [4.78, 5) is 43.8. The van der Waals surface area contributed by atoms with Crippen molar-refractivity contribution in [3.63, 3.8) is 0 Å². The van der Waals surface area contributed by atoms with E-state index >= 15 is 0 Å². The van der Waals surface area contributed by atoms with E-state index in [1.54, 1.807) is 29.0 Å². The molecule has 0 heterocycles. The van der Waals surface area contributed by atoms with Crippen LogP contribution in [0.4, 0.5) is 14.4 Å². The normalized spacial score (nSPS) is 11.2. The lowest BCUT2D eigenvalue weighted by molar-refractivity contribution is 0.0207. The van der Waals surface area contributed by atoms with Gasteiger partial charge >= 0.3 is 18.3 Å². The minimum atomic E-state index is -0.631. The molecular weight excluding hydrogens is 568 g/mol. The molecule has 3 amide bonds. The zero-order valence-electron chi connectivity index (χ0n) is 27.6. The van der Waals surface area contributed by atoms with E-state index in [0.29, 0.717) is 77.8 Å². The molecule has 0 aromatic heterocycles. The predicted octanol–water partition coefficient (Wildman–Crippen LogP) is 7.05. The van der Waals surface area contributed by atoms with Crippen LogP contribution in [0.15, 0.2) is 29.4 Å². The molecule has 0 atom stereocenters. The lowest BCUT2D eigenvalue weighted by Crippen LogP contribution is -2.39. The van der Waals surface area contributed by atoms with Crippen molar-refractivity contribution in [1.29, 1.82) is 0 Å². The average Bonchev–Trinajstić information content (AvgIpc) is 2.94. The fraction of sp³-hybridized carbons (Fsp3) is 0.710. The summed E-state index contributed by atoms with van der Waals surface area (Å²) in [5.74, 6) is 0.733. The number of azide groups is 1. The van der Waals surface area contributed by atoms with Crippen molar-refractivity contribution >= 4 is 18.3 Å². The van der Waals surface area contributed by atoms with E-state index < -0.39 is 23.4 Å². The van der Waals surface area contributed by atoms with Crippen LogP contribution in [0.25, 0.3) is 10.4 Å². The molecule has 0 aliphatic rings. The van der Waals surface area contributed by atoms with Crippen molar-refractivity contribution in [3.8, 4) is 5.75 Å². The molecule has 0 spiro atoms. The number of unbranched alkanes of at least 4 members (excludes halogenated alkanes) is 3. The summed E-state index contributed by atoms with van der Waals surface area (Å²) in [6.07, 6.45) is 2.70. The van der Waals surface area contributed by atoms with Gasteiger partial charge in [0.05, 0.1) is 7.11 Å². The quantitative estimate of drug-likeness (QED) is 0.0606. The largest absolute Gasteiger partial charge is 0.497 e. The first-order valence-corrected chi connectivity index (χ1v) is 15.2. The first kappa shape index (κ1) is 38.2. The number of nitrogens with zero attached hydrogens (tertiary/aromatic N) is 5. The van der Waals surface area contributed by atoms with Gasteiger partial charge < -0.3 is 34.1 Å². The van der Waals surface area contributed by atoms with Gasteiger partial charge in [-0.15, -0.1) is 0 Å². The van der Waals surface area contributed by atoms with Gasteiger partial charge in [0.15, 0.2) is 0 Å². The Hall–Kier alpha value is -3.86. The third-order valence-corrected chi connectivity index (χ3v) is 6.06. The van der Waals surface area contributed by atoms with Crippen LogP contribution in [-0.2, 0) is 20.8 Å². The van der Waals surface area contributed by atoms with Crippen LogP contribution >= 0.6 is 0 Å². The Balaban J connectivity index is 2.54. The number of hydrogen-bond acceptors (Lipinski definition) is 8. The predicted molar refractivity (Wildman–Crippen MR) is 169 cm³/mol. The van der Waals surface area contributed by atoms with Gasteiger partial charge in [0.1, 0.15) is 23.6 Å². The summed E-state index contributed by atoms with van der Waals surface area (Å²) in [7, 11) is 1.59. The Morgan fingerprint density at radius 3 is 1.73 bits per heavy atom. The average molecular weight is 621 g/mol. The van der Waals surface area contributed by atoms with Gasteiger partial charge in [0, 0.05) is 44.2 Å². The van der Waals surface area contributed by atoms with E-state index in [4.69, 9.17) is 24.5 Å². The molecule has 0 saturated heterocycles. The third-order valence-electron chi connectivity index (χ3n) is 6.06. The van der Waals surface area contributed by atoms with E-state index in [9.17, 15) is 14.4 Å². The highest BCUT2D eigenvalue weighted by atomic mass is 16.6. The first-order valence-electron chi connectivity index (χ1n) is 15.2. The number of methoxy groups -OCH3 is 1. The fourth-order valence-corrected chi connectivity index (χ4v) is 3.92. The highest BCUT2D eigenvalue weighted by Crippen LogP contribution is 2.15. The molecule has 1 N–H and O–H groups in total. The number of ether oxygens (including phenoxy) is 4. The molecule has 0 unspecified atom stereocenters. The highest BCUT2D eigenvalue weighted by Gasteiger charge is 2.23. The van der Waals surface area contributed by atoms with E-state index in [-0.39, 0.29) is 12.7 Å². The van der Waals surface area contributed by atoms with Crippen molar-refractivity contribution in [2.75, 3.05) is 46.4 Å². The summed E-state index contributed by atoms with van der Waals surface area (Å²) in [6, 6.07) is 7.28. The van der Waals surface area contributed by atoms with Crippen molar-refractivity contribution in [1.82, 2.24) is 15.1 Å². The number of rotatable bonds is 18. The van der Waals surface area contributed by atoms with E-state index in [0.717, 1.165) is 11.3 Å². The monoisotopic (exact) mass is 620 g/mol. The van der Waals surface area contributed by atoms with Crippen LogP contribution in [0.5, 0.6) is 5.75 Å². The smallest absolute Gasteiger partial charge is 0.410 e. The Bertz CT molecular complexity index is 1050. The van der Waals surface area contributed by atoms with Gasteiger partial charge in [-0.1, -0.05) is 17.2 Å².